The van der Waals surface area contributed by atoms with Gasteiger partial charge >= 0.3 is 4.70 Å². The molecule has 0 radical (unpaired) electrons. The summed E-state index contributed by atoms with van der Waals surface area (Å²) in [6.07, 6.45) is 7.33. The van der Waals surface area contributed by atoms with E-state index >= 15 is 0 Å². The van der Waals surface area contributed by atoms with Gasteiger partial charge in [-0.1, -0.05) is 6.82 Å². The van der Waals surface area contributed by atoms with Crippen molar-refractivity contribution in [3.8, 4) is 0 Å². The van der Waals surface area contributed by atoms with Crippen LogP contribution in [0.15, 0.2) is 12.7 Å². The Kier molecular flexibility index (Phi) is 6.84. The second kappa shape index (κ2) is 8.90. The molecule has 0 spiro atoms. The molecule has 0 saturated carbocycles. The van der Waals surface area contributed by atoms with Gasteiger partial charge in [0.15, 0.2) is 14.0 Å². The van der Waals surface area contributed by atoms with Gasteiger partial charge < -0.3 is 19.0 Å². The number of ether oxygens (including phenoxy) is 1. The predicted octanol–water partition coefficient (Wildman–Crippen LogP) is 3.46. The first-order chi connectivity index (χ1) is 12.1. The summed E-state index contributed by atoms with van der Waals surface area (Å²) in [6, 6.07) is 0. The van der Waals surface area contributed by atoms with Gasteiger partial charge in [0.1, 0.15) is 23.9 Å². The van der Waals surface area contributed by atoms with E-state index in [0.29, 0.717) is 0 Å². The SMILES string of the molecule is COP(CCC1CCC(n2cnc3c(NB(C)I)ncnc32)O1)OC. The highest BCUT2D eigenvalue weighted by molar-refractivity contribution is 14.1. The predicted molar refractivity (Wildman–Crippen MR) is 108 cm³/mol. The van der Waals surface area contributed by atoms with Crippen LogP contribution in [0.1, 0.15) is 25.5 Å². The van der Waals surface area contributed by atoms with E-state index in [4.69, 9.17) is 13.8 Å². The molecule has 8 nitrogen and oxygen atoms in total. The van der Waals surface area contributed by atoms with Gasteiger partial charge in [-0.05, 0) is 19.3 Å². The second-order valence-electron chi connectivity index (χ2n) is 5.81. The number of fused-ring (bicyclic) bond motifs is 1. The molecule has 1 N–H and O–H groups in total. The number of halogens is 1. The molecular weight excluding hydrogens is 455 g/mol. The number of nitrogens with one attached hydrogen (secondary N) is 1. The van der Waals surface area contributed by atoms with Crippen molar-refractivity contribution in [2.75, 3.05) is 25.6 Å². The Labute approximate surface area is 162 Å². The van der Waals surface area contributed by atoms with E-state index in [1.54, 1.807) is 26.9 Å². The van der Waals surface area contributed by atoms with Crippen LogP contribution >= 0.6 is 30.7 Å². The average Bonchev–Trinajstić information content (AvgIpc) is 3.22. The standard InChI is InChI=1S/C14H22BIN5O3P/c1-15(16)20-13-12-14(18-8-17-13)21(9-19-12)11-5-4-10(24-11)6-7-25(22-2)23-3/h8-11H,4-7H2,1-3H3,(H,17,18,20). The lowest BCUT2D eigenvalue weighted by Gasteiger charge is -2.17. The number of rotatable bonds is 8. The average molecular weight is 477 g/mol. The third-order valence-corrected chi connectivity index (χ3v) is 5.88. The Balaban J connectivity index is 1.69. The summed E-state index contributed by atoms with van der Waals surface area (Å²) in [4.78, 5) is 13.2. The summed E-state index contributed by atoms with van der Waals surface area (Å²) in [5, 5.41) is 3.30. The number of anilines is 1. The van der Waals surface area contributed by atoms with Crippen molar-refractivity contribution in [1.29, 1.82) is 0 Å². The van der Waals surface area contributed by atoms with E-state index in [9.17, 15) is 0 Å². The fourth-order valence-corrected chi connectivity index (χ4v) is 4.27. The number of nitrogens with zero attached hydrogens (tertiary/aromatic N) is 4. The summed E-state index contributed by atoms with van der Waals surface area (Å²) in [7, 11) is 2.57. The van der Waals surface area contributed by atoms with E-state index in [0.717, 1.165) is 42.4 Å². The van der Waals surface area contributed by atoms with E-state index in [-0.39, 0.29) is 17.0 Å². The van der Waals surface area contributed by atoms with E-state index in [1.165, 1.54) is 0 Å². The molecule has 3 heterocycles. The first kappa shape index (κ1) is 19.2. The second-order valence-corrected chi connectivity index (χ2v) is 9.52. The van der Waals surface area contributed by atoms with Gasteiger partial charge in [0.25, 0.3) is 0 Å². The first-order valence-electron chi connectivity index (χ1n) is 8.21. The molecule has 2 aromatic rings. The monoisotopic (exact) mass is 477 g/mol. The molecule has 2 atom stereocenters. The zero-order chi connectivity index (χ0) is 17.8. The fourth-order valence-electron chi connectivity index (χ4n) is 2.97. The third-order valence-electron chi connectivity index (χ3n) is 4.13. The highest BCUT2D eigenvalue weighted by atomic mass is 127. The molecule has 0 aliphatic carbocycles. The molecule has 11 heteroatoms. The van der Waals surface area contributed by atoms with E-state index in [2.05, 4.69) is 49.4 Å². The van der Waals surface area contributed by atoms with Crippen LogP contribution in [0.3, 0.4) is 0 Å². The Morgan fingerprint density at radius 2 is 2.16 bits per heavy atom. The van der Waals surface area contributed by atoms with Crippen LogP contribution in [-0.2, 0) is 13.8 Å². The molecule has 1 saturated heterocycles. The van der Waals surface area contributed by atoms with Gasteiger partial charge in [-0.3, -0.25) is 4.57 Å². The van der Waals surface area contributed by atoms with Crippen molar-refractivity contribution < 1.29 is 13.8 Å². The van der Waals surface area contributed by atoms with Gasteiger partial charge in [0.05, 0.1) is 12.4 Å². The smallest absolute Gasteiger partial charge is 0.323 e. The fraction of sp³-hybridized carbons (Fsp3) is 0.643. The van der Waals surface area contributed by atoms with Crippen LogP contribution in [0.5, 0.6) is 0 Å². The number of hydrogen-bond donors (Lipinski definition) is 1. The molecule has 136 valence electrons. The molecule has 1 fully saturated rings. The molecule has 0 amide bonds. The van der Waals surface area contributed by atoms with Gasteiger partial charge in [-0.2, -0.15) is 0 Å². The molecule has 0 bridgehead atoms. The Bertz CT molecular complexity index is 702. The minimum atomic E-state index is -0.802. The van der Waals surface area contributed by atoms with Crippen LogP contribution in [0, 0.1) is 0 Å². The number of aromatic nitrogens is 4. The molecule has 1 aliphatic rings. The maximum atomic E-state index is 6.21. The minimum Gasteiger partial charge on any atom is -0.402 e. The summed E-state index contributed by atoms with van der Waals surface area (Å²) >= 11 is 2.30. The summed E-state index contributed by atoms with van der Waals surface area (Å²) < 4.78 is 19.1. The molecule has 25 heavy (non-hydrogen) atoms. The topological polar surface area (TPSA) is 83.3 Å². The minimum absolute atomic E-state index is 0.0360. The van der Waals surface area contributed by atoms with Crippen LogP contribution in [-0.4, -0.2) is 50.7 Å². The van der Waals surface area contributed by atoms with Crippen molar-refractivity contribution in [2.24, 2.45) is 0 Å². The highest BCUT2D eigenvalue weighted by Gasteiger charge is 2.29. The molecule has 0 aromatic carbocycles. The van der Waals surface area contributed by atoms with Gasteiger partial charge in [0, 0.05) is 20.4 Å². The van der Waals surface area contributed by atoms with Crippen molar-refractivity contribution in [2.45, 2.75) is 38.4 Å². The van der Waals surface area contributed by atoms with Gasteiger partial charge in [-0.25, -0.2) is 15.0 Å². The zero-order valence-electron chi connectivity index (χ0n) is 14.6. The van der Waals surface area contributed by atoms with Crippen molar-refractivity contribution >= 4 is 52.4 Å². The lowest BCUT2D eigenvalue weighted by atomic mass is 10.0. The normalized spacial score (nSPS) is 20.5. The van der Waals surface area contributed by atoms with Gasteiger partial charge in [0.2, 0.25) is 0 Å². The lowest BCUT2D eigenvalue weighted by Crippen LogP contribution is -2.14. The van der Waals surface area contributed by atoms with Crippen LogP contribution in [0.25, 0.3) is 11.2 Å². The maximum Gasteiger partial charge on any atom is 0.323 e. The van der Waals surface area contributed by atoms with Crippen LogP contribution in [0.2, 0.25) is 6.82 Å². The van der Waals surface area contributed by atoms with E-state index < -0.39 is 8.38 Å². The summed E-state index contributed by atoms with van der Waals surface area (Å²) in [6.45, 7) is 2.06. The van der Waals surface area contributed by atoms with E-state index in [1.807, 2.05) is 4.57 Å². The Morgan fingerprint density at radius 1 is 1.36 bits per heavy atom. The zero-order valence-corrected chi connectivity index (χ0v) is 17.6. The molecule has 2 unspecified atom stereocenters. The van der Waals surface area contributed by atoms with Gasteiger partial charge in [-0.15, -0.1) is 22.4 Å². The van der Waals surface area contributed by atoms with Crippen molar-refractivity contribution in [1.82, 2.24) is 19.5 Å². The molecular formula is C14H22BIN5O3P. The third kappa shape index (κ3) is 4.60. The van der Waals surface area contributed by atoms with Crippen LogP contribution in [0.4, 0.5) is 5.82 Å². The molecule has 3 rings (SSSR count). The van der Waals surface area contributed by atoms with Crippen molar-refractivity contribution in [3.05, 3.63) is 12.7 Å². The number of hydrogen-bond acceptors (Lipinski definition) is 7. The maximum absolute atomic E-state index is 6.21. The lowest BCUT2D eigenvalue weighted by molar-refractivity contribution is 0.00292. The van der Waals surface area contributed by atoms with Crippen molar-refractivity contribution in [3.63, 3.8) is 0 Å². The first-order valence-corrected chi connectivity index (χ1v) is 10.8. The summed E-state index contributed by atoms with van der Waals surface area (Å²) in [5.41, 5.74) is 1.58. The Hall–Kier alpha value is -0.545. The quantitative estimate of drug-likeness (QED) is 0.355. The largest absolute Gasteiger partial charge is 0.402 e. The Morgan fingerprint density at radius 3 is 2.88 bits per heavy atom. The van der Waals surface area contributed by atoms with Crippen LogP contribution < -0.4 is 5.23 Å². The molecule has 1 aliphatic heterocycles. The number of imidazole rings is 1. The molecule has 2 aromatic heterocycles. The highest BCUT2D eigenvalue weighted by Crippen LogP contribution is 2.40. The summed E-state index contributed by atoms with van der Waals surface area (Å²) in [5.74, 6) is 0.756.